The minimum atomic E-state index is 0.123. The molecule has 0 bridgehead atoms. The maximum absolute atomic E-state index is 12.5. The third-order valence-electron chi connectivity index (χ3n) is 4.44. The SMILES string of the molecule is O=C(CCc1nc(-c2ccncc2)no1)N1CCc2ccccc2C1. The van der Waals surface area contributed by atoms with E-state index in [0.29, 0.717) is 31.1 Å². The van der Waals surface area contributed by atoms with Gasteiger partial charge in [-0.1, -0.05) is 29.4 Å². The van der Waals surface area contributed by atoms with Gasteiger partial charge in [-0.15, -0.1) is 0 Å². The molecule has 0 atom stereocenters. The number of amides is 1. The quantitative estimate of drug-likeness (QED) is 0.733. The first-order valence-electron chi connectivity index (χ1n) is 8.37. The Balaban J connectivity index is 1.36. The van der Waals surface area contributed by atoms with Crippen LogP contribution in [-0.2, 0) is 24.2 Å². The lowest BCUT2D eigenvalue weighted by Crippen LogP contribution is -2.36. The van der Waals surface area contributed by atoms with Crippen molar-refractivity contribution in [3.05, 3.63) is 65.8 Å². The fourth-order valence-corrected chi connectivity index (χ4v) is 3.06. The molecule has 0 saturated heterocycles. The highest BCUT2D eigenvalue weighted by molar-refractivity contribution is 5.76. The summed E-state index contributed by atoms with van der Waals surface area (Å²) >= 11 is 0. The second-order valence-electron chi connectivity index (χ2n) is 6.08. The fourth-order valence-electron chi connectivity index (χ4n) is 3.06. The molecule has 0 aliphatic carbocycles. The zero-order valence-electron chi connectivity index (χ0n) is 13.8. The Labute approximate surface area is 145 Å². The van der Waals surface area contributed by atoms with Crippen molar-refractivity contribution in [2.24, 2.45) is 0 Å². The first kappa shape index (κ1) is 15.5. The van der Waals surface area contributed by atoms with Crippen LogP contribution in [0.2, 0.25) is 0 Å². The first-order chi connectivity index (χ1) is 12.3. The van der Waals surface area contributed by atoms with Crippen molar-refractivity contribution in [1.29, 1.82) is 0 Å². The third kappa shape index (κ3) is 3.42. The van der Waals surface area contributed by atoms with Gasteiger partial charge in [0, 0.05) is 43.9 Å². The summed E-state index contributed by atoms with van der Waals surface area (Å²) in [6.07, 6.45) is 5.11. The van der Waals surface area contributed by atoms with Crippen molar-refractivity contribution in [1.82, 2.24) is 20.0 Å². The molecule has 25 heavy (non-hydrogen) atoms. The summed E-state index contributed by atoms with van der Waals surface area (Å²) in [7, 11) is 0. The monoisotopic (exact) mass is 334 g/mol. The molecule has 0 unspecified atom stereocenters. The van der Waals surface area contributed by atoms with Gasteiger partial charge in [0.05, 0.1) is 0 Å². The number of carbonyl (C=O) groups is 1. The molecule has 126 valence electrons. The molecular formula is C19H18N4O2. The molecule has 1 amide bonds. The summed E-state index contributed by atoms with van der Waals surface area (Å²) in [5.74, 6) is 1.13. The van der Waals surface area contributed by atoms with Crippen molar-refractivity contribution in [3.63, 3.8) is 0 Å². The highest BCUT2D eigenvalue weighted by atomic mass is 16.5. The number of aryl methyl sites for hydroxylation is 1. The predicted molar refractivity (Wildman–Crippen MR) is 91.4 cm³/mol. The molecule has 0 radical (unpaired) electrons. The van der Waals surface area contributed by atoms with Gasteiger partial charge in [0.1, 0.15) is 0 Å². The zero-order chi connectivity index (χ0) is 17.1. The Morgan fingerprint density at radius 1 is 1.12 bits per heavy atom. The van der Waals surface area contributed by atoms with E-state index in [-0.39, 0.29) is 5.91 Å². The molecule has 1 aliphatic heterocycles. The summed E-state index contributed by atoms with van der Waals surface area (Å²) in [6, 6.07) is 11.9. The Morgan fingerprint density at radius 3 is 2.76 bits per heavy atom. The molecule has 4 rings (SSSR count). The molecule has 0 spiro atoms. The first-order valence-corrected chi connectivity index (χ1v) is 8.37. The van der Waals surface area contributed by atoms with E-state index in [0.717, 1.165) is 18.5 Å². The average molecular weight is 334 g/mol. The molecule has 3 aromatic rings. The van der Waals surface area contributed by atoms with Gasteiger partial charge in [0.25, 0.3) is 0 Å². The number of hydrogen-bond donors (Lipinski definition) is 0. The van der Waals surface area contributed by atoms with Gasteiger partial charge in [0.15, 0.2) is 0 Å². The van der Waals surface area contributed by atoms with Gasteiger partial charge >= 0.3 is 0 Å². The maximum Gasteiger partial charge on any atom is 0.227 e. The van der Waals surface area contributed by atoms with Gasteiger partial charge < -0.3 is 9.42 Å². The minimum absolute atomic E-state index is 0.123. The smallest absolute Gasteiger partial charge is 0.227 e. The van der Waals surface area contributed by atoms with E-state index in [1.54, 1.807) is 12.4 Å². The largest absolute Gasteiger partial charge is 0.339 e. The number of fused-ring (bicyclic) bond motifs is 1. The molecule has 0 N–H and O–H groups in total. The number of rotatable bonds is 4. The van der Waals surface area contributed by atoms with E-state index in [1.807, 2.05) is 29.2 Å². The Bertz CT molecular complexity index is 876. The number of hydrogen-bond acceptors (Lipinski definition) is 5. The Kier molecular flexibility index (Phi) is 4.24. The van der Waals surface area contributed by atoms with Crippen LogP contribution in [0, 0.1) is 0 Å². The van der Waals surface area contributed by atoms with Crippen molar-refractivity contribution in [2.45, 2.75) is 25.8 Å². The number of aromatic nitrogens is 3. The minimum Gasteiger partial charge on any atom is -0.339 e. The summed E-state index contributed by atoms with van der Waals surface area (Å²) in [4.78, 5) is 22.7. The molecule has 0 fully saturated rings. The molecule has 1 aliphatic rings. The number of carbonyl (C=O) groups excluding carboxylic acids is 1. The Morgan fingerprint density at radius 2 is 1.92 bits per heavy atom. The van der Waals surface area contributed by atoms with Crippen LogP contribution in [0.25, 0.3) is 11.4 Å². The van der Waals surface area contributed by atoms with Gasteiger partial charge in [-0.2, -0.15) is 4.98 Å². The molecule has 6 nitrogen and oxygen atoms in total. The van der Waals surface area contributed by atoms with Crippen molar-refractivity contribution in [2.75, 3.05) is 6.54 Å². The molecule has 1 aromatic carbocycles. The molecule has 2 aromatic heterocycles. The van der Waals surface area contributed by atoms with Crippen LogP contribution in [-0.4, -0.2) is 32.5 Å². The van der Waals surface area contributed by atoms with Crippen LogP contribution >= 0.6 is 0 Å². The second kappa shape index (κ2) is 6.84. The normalized spacial score (nSPS) is 13.5. The molecule has 0 saturated carbocycles. The van der Waals surface area contributed by atoms with Gasteiger partial charge in [0.2, 0.25) is 17.6 Å². The standard InChI is InChI=1S/C19H18N4O2/c24-18(23-12-9-14-3-1-2-4-16(14)13-23)6-5-17-21-19(22-25-17)15-7-10-20-11-8-15/h1-4,7-8,10-11H,5-6,9,12-13H2. The van der Waals surface area contributed by atoms with Gasteiger partial charge in [-0.3, -0.25) is 9.78 Å². The van der Waals surface area contributed by atoms with Crippen LogP contribution in [0.15, 0.2) is 53.3 Å². The van der Waals surface area contributed by atoms with Crippen molar-refractivity contribution < 1.29 is 9.32 Å². The highest BCUT2D eigenvalue weighted by Crippen LogP contribution is 2.20. The Hall–Kier alpha value is -3.02. The summed E-state index contributed by atoms with van der Waals surface area (Å²) < 4.78 is 5.26. The van der Waals surface area contributed by atoms with Crippen molar-refractivity contribution in [3.8, 4) is 11.4 Å². The summed E-state index contributed by atoms with van der Waals surface area (Å²) in [5, 5.41) is 3.97. The van der Waals surface area contributed by atoms with Crippen LogP contribution in [0.4, 0.5) is 0 Å². The highest BCUT2D eigenvalue weighted by Gasteiger charge is 2.21. The summed E-state index contributed by atoms with van der Waals surface area (Å²) in [6.45, 7) is 1.45. The van der Waals surface area contributed by atoms with E-state index >= 15 is 0 Å². The lowest BCUT2D eigenvalue weighted by Gasteiger charge is -2.28. The van der Waals surface area contributed by atoms with Crippen LogP contribution in [0.1, 0.15) is 23.4 Å². The number of pyridine rings is 1. The number of benzene rings is 1. The van der Waals surface area contributed by atoms with E-state index in [4.69, 9.17) is 4.52 Å². The average Bonchev–Trinajstić information content (AvgIpc) is 3.15. The van der Waals surface area contributed by atoms with E-state index in [2.05, 4.69) is 27.3 Å². The van der Waals surface area contributed by atoms with E-state index in [1.165, 1.54) is 11.1 Å². The molecule has 6 heteroatoms. The van der Waals surface area contributed by atoms with Crippen LogP contribution in [0.5, 0.6) is 0 Å². The maximum atomic E-state index is 12.5. The van der Waals surface area contributed by atoms with Gasteiger partial charge in [-0.25, -0.2) is 0 Å². The lowest BCUT2D eigenvalue weighted by atomic mass is 9.99. The lowest BCUT2D eigenvalue weighted by molar-refractivity contribution is -0.132. The van der Waals surface area contributed by atoms with Crippen LogP contribution in [0.3, 0.4) is 0 Å². The third-order valence-corrected chi connectivity index (χ3v) is 4.44. The fraction of sp³-hybridized carbons (Fsp3) is 0.263. The molecular weight excluding hydrogens is 316 g/mol. The molecule has 3 heterocycles. The zero-order valence-corrected chi connectivity index (χ0v) is 13.8. The summed E-state index contributed by atoms with van der Waals surface area (Å²) in [5.41, 5.74) is 3.43. The predicted octanol–water partition coefficient (Wildman–Crippen LogP) is 2.65. The second-order valence-corrected chi connectivity index (χ2v) is 6.08. The van der Waals surface area contributed by atoms with E-state index in [9.17, 15) is 4.79 Å². The van der Waals surface area contributed by atoms with Crippen molar-refractivity contribution >= 4 is 5.91 Å². The number of nitrogens with zero attached hydrogens (tertiary/aromatic N) is 4. The van der Waals surface area contributed by atoms with E-state index < -0.39 is 0 Å². The van der Waals surface area contributed by atoms with Crippen LogP contribution < -0.4 is 0 Å². The van der Waals surface area contributed by atoms with Gasteiger partial charge in [-0.05, 0) is 29.7 Å². The topological polar surface area (TPSA) is 72.1 Å².